The van der Waals surface area contributed by atoms with E-state index in [1.807, 2.05) is 11.7 Å². The molecule has 1 N–H and O–H groups in total. The number of aryl methyl sites for hydroxylation is 1. The van der Waals surface area contributed by atoms with E-state index >= 15 is 0 Å². The second-order valence-electron chi connectivity index (χ2n) is 5.96. The predicted octanol–water partition coefficient (Wildman–Crippen LogP) is 3.12. The molecule has 1 rings (SSSR count). The molecular formula is C15H27N3. The Balaban J connectivity index is 2.81. The second kappa shape index (κ2) is 6.19. The molecule has 0 radical (unpaired) electrons. The third-order valence-electron chi connectivity index (χ3n) is 2.85. The molecule has 0 spiro atoms. The van der Waals surface area contributed by atoms with Crippen molar-refractivity contribution < 1.29 is 0 Å². The topological polar surface area (TPSA) is 29.9 Å². The molecule has 1 unspecified atom stereocenters. The van der Waals surface area contributed by atoms with Gasteiger partial charge in [0, 0.05) is 30.3 Å². The lowest BCUT2D eigenvalue weighted by Crippen LogP contribution is -2.24. The molecule has 1 heterocycles. The molecule has 3 nitrogen and oxygen atoms in total. The quantitative estimate of drug-likeness (QED) is 0.869. The Bertz CT molecular complexity index is 396. The van der Waals surface area contributed by atoms with Crippen molar-refractivity contribution in [3.05, 3.63) is 23.5 Å². The maximum absolute atomic E-state index is 4.57. The molecule has 0 saturated heterocycles. The molecule has 0 bridgehead atoms. The maximum atomic E-state index is 4.57. The van der Waals surface area contributed by atoms with Crippen LogP contribution in [0, 0.1) is 0 Å². The van der Waals surface area contributed by atoms with E-state index in [4.69, 9.17) is 0 Å². The first-order valence-electron chi connectivity index (χ1n) is 6.80. The van der Waals surface area contributed by atoms with Gasteiger partial charge in [-0.1, -0.05) is 39.8 Å². The summed E-state index contributed by atoms with van der Waals surface area (Å²) in [6.07, 6.45) is 7.64. The fraction of sp³-hybridized carbons (Fsp3) is 0.667. The van der Waals surface area contributed by atoms with Gasteiger partial charge in [0.05, 0.1) is 5.69 Å². The van der Waals surface area contributed by atoms with Gasteiger partial charge in [0.25, 0.3) is 0 Å². The largest absolute Gasteiger partial charge is 0.311 e. The molecule has 18 heavy (non-hydrogen) atoms. The van der Waals surface area contributed by atoms with Gasteiger partial charge >= 0.3 is 0 Å². The lowest BCUT2D eigenvalue weighted by molar-refractivity contribution is 0.552. The van der Waals surface area contributed by atoms with Crippen LogP contribution in [0.25, 0.3) is 6.08 Å². The van der Waals surface area contributed by atoms with E-state index in [1.165, 1.54) is 5.56 Å². The average Bonchev–Trinajstić information content (AvgIpc) is 2.65. The summed E-state index contributed by atoms with van der Waals surface area (Å²) >= 11 is 0. The van der Waals surface area contributed by atoms with Crippen LogP contribution in [0.5, 0.6) is 0 Å². The first-order valence-corrected chi connectivity index (χ1v) is 6.80. The lowest BCUT2D eigenvalue weighted by Gasteiger charge is -2.16. The van der Waals surface area contributed by atoms with Crippen LogP contribution in [0.15, 0.2) is 12.3 Å². The van der Waals surface area contributed by atoms with Gasteiger partial charge in [0.1, 0.15) is 0 Å². The Kier molecular flexibility index (Phi) is 5.15. The summed E-state index contributed by atoms with van der Waals surface area (Å²) < 4.78 is 1.89. The van der Waals surface area contributed by atoms with E-state index in [1.54, 1.807) is 0 Å². The highest BCUT2D eigenvalue weighted by atomic mass is 15.3. The van der Waals surface area contributed by atoms with Crippen LogP contribution in [0.2, 0.25) is 0 Å². The number of nitrogens with one attached hydrogen (secondary N) is 1. The van der Waals surface area contributed by atoms with Crippen LogP contribution >= 0.6 is 0 Å². The molecule has 0 aliphatic rings. The van der Waals surface area contributed by atoms with Crippen LogP contribution in [0.4, 0.5) is 0 Å². The normalized spacial score (nSPS) is 14.3. The Labute approximate surface area is 111 Å². The molecular weight excluding hydrogens is 222 g/mol. The van der Waals surface area contributed by atoms with Gasteiger partial charge in [-0.15, -0.1) is 0 Å². The number of hydrogen-bond acceptors (Lipinski definition) is 2. The number of nitrogens with zero attached hydrogens (tertiary/aromatic N) is 2. The first kappa shape index (κ1) is 15.0. The van der Waals surface area contributed by atoms with Crippen molar-refractivity contribution in [2.45, 2.75) is 52.5 Å². The molecule has 3 heteroatoms. The van der Waals surface area contributed by atoms with Gasteiger partial charge < -0.3 is 5.32 Å². The van der Waals surface area contributed by atoms with Gasteiger partial charge in [0.2, 0.25) is 0 Å². The van der Waals surface area contributed by atoms with Crippen molar-refractivity contribution in [3.63, 3.8) is 0 Å². The fourth-order valence-corrected chi connectivity index (χ4v) is 1.90. The Morgan fingerprint density at radius 2 is 2.11 bits per heavy atom. The minimum absolute atomic E-state index is 0.0843. The first-order chi connectivity index (χ1) is 8.34. The SMILES string of the molecule is CCCNC(C)/C=C/c1cn(C)nc1C(C)(C)C. The molecule has 0 aliphatic carbocycles. The van der Waals surface area contributed by atoms with Crippen molar-refractivity contribution in [3.8, 4) is 0 Å². The minimum Gasteiger partial charge on any atom is -0.311 e. The molecule has 102 valence electrons. The Morgan fingerprint density at radius 3 is 2.67 bits per heavy atom. The third kappa shape index (κ3) is 4.30. The number of aromatic nitrogens is 2. The molecule has 1 aromatic heterocycles. The second-order valence-corrected chi connectivity index (χ2v) is 5.96. The van der Waals surface area contributed by atoms with E-state index in [-0.39, 0.29) is 5.41 Å². The van der Waals surface area contributed by atoms with Crippen LogP contribution in [-0.2, 0) is 12.5 Å². The average molecular weight is 249 g/mol. The highest BCUT2D eigenvalue weighted by molar-refractivity contribution is 5.53. The van der Waals surface area contributed by atoms with Crippen molar-refractivity contribution in [1.29, 1.82) is 0 Å². The Morgan fingerprint density at radius 1 is 1.44 bits per heavy atom. The molecule has 0 fully saturated rings. The monoisotopic (exact) mass is 249 g/mol. The van der Waals surface area contributed by atoms with Gasteiger partial charge in [-0.3, -0.25) is 4.68 Å². The van der Waals surface area contributed by atoms with Gasteiger partial charge in [-0.05, 0) is 19.9 Å². The summed E-state index contributed by atoms with van der Waals surface area (Å²) in [5.41, 5.74) is 2.46. The zero-order valence-electron chi connectivity index (χ0n) is 12.6. The summed E-state index contributed by atoms with van der Waals surface area (Å²) in [6, 6.07) is 0.401. The van der Waals surface area contributed by atoms with E-state index in [0.717, 1.165) is 18.7 Å². The van der Waals surface area contributed by atoms with E-state index in [0.29, 0.717) is 6.04 Å². The van der Waals surface area contributed by atoms with Crippen LogP contribution in [0.1, 0.15) is 52.3 Å². The predicted molar refractivity (Wildman–Crippen MR) is 78.7 cm³/mol. The van der Waals surface area contributed by atoms with E-state index in [9.17, 15) is 0 Å². The van der Waals surface area contributed by atoms with Crippen LogP contribution < -0.4 is 5.32 Å². The van der Waals surface area contributed by atoms with Crippen LogP contribution in [-0.4, -0.2) is 22.4 Å². The smallest absolute Gasteiger partial charge is 0.0750 e. The summed E-state index contributed by atoms with van der Waals surface area (Å²) in [5, 5.41) is 8.02. The highest BCUT2D eigenvalue weighted by Gasteiger charge is 2.20. The number of hydrogen-bond donors (Lipinski definition) is 1. The summed E-state index contributed by atoms with van der Waals surface area (Å²) in [5.74, 6) is 0. The molecule has 0 aromatic carbocycles. The van der Waals surface area contributed by atoms with Crippen molar-refractivity contribution in [2.24, 2.45) is 7.05 Å². The Hall–Kier alpha value is -1.09. The van der Waals surface area contributed by atoms with Crippen molar-refractivity contribution in [2.75, 3.05) is 6.54 Å². The van der Waals surface area contributed by atoms with E-state index < -0.39 is 0 Å². The zero-order chi connectivity index (χ0) is 13.8. The molecule has 0 saturated carbocycles. The van der Waals surface area contributed by atoms with E-state index in [2.05, 4.69) is 63.4 Å². The summed E-state index contributed by atoms with van der Waals surface area (Å²) in [4.78, 5) is 0. The molecule has 0 amide bonds. The summed E-state index contributed by atoms with van der Waals surface area (Å²) in [7, 11) is 1.98. The van der Waals surface area contributed by atoms with Crippen molar-refractivity contribution >= 4 is 6.08 Å². The molecule has 1 atom stereocenters. The molecule has 1 aromatic rings. The van der Waals surface area contributed by atoms with Gasteiger partial charge in [-0.2, -0.15) is 5.10 Å². The van der Waals surface area contributed by atoms with Gasteiger partial charge in [0.15, 0.2) is 0 Å². The highest BCUT2D eigenvalue weighted by Crippen LogP contribution is 2.24. The van der Waals surface area contributed by atoms with Crippen molar-refractivity contribution in [1.82, 2.24) is 15.1 Å². The summed E-state index contributed by atoms with van der Waals surface area (Å²) in [6.45, 7) is 12.0. The van der Waals surface area contributed by atoms with Gasteiger partial charge in [-0.25, -0.2) is 0 Å². The standard InChI is InChI=1S/C15H27N3/c1-7-10-16-12(2)8-9-13-11-18(6)17-14(13)15(3,4)5/h8-9,11-12,16H,7,10H2,1-6H3/b9-8+. The minimum atomic E-state index is 0.0843. The third-order valence-corrected chi connectivity index (χ3v) is 2.85. The number of rotatable bonds is 5. The van der Waals surface area contributed by atoms with Crippen LogP contribution in [0.3, 0.4) is 0 Å². The maximum Gasteiger partial charge on any atom is 0.0750 e. The fourth-order valence-electron chi connectivity index (χ4n) is 1.90. The molecule has 0 aliphatic heterocycles. The zero-order valence-corrected chi connectivity index (χ0v) is 12.6. The lowest BCUT2D eigenvalue weighted by atomic mass is 9.89.